The van der Waals surface area contributed by atoms with Crippen LogP contribution >= 0.6 is 0 Å². The molecule has 0 aliphatic carbocycles. The quantitative estimate of drug-likeness (QED) is 0.506. The van der Waals surface area contributed by atoms with Crippen LogP contribution in [0.4, 0.5) is 36.7 Å². The molecule has 0 unspecified atom stereocenters. The summed E-state index contributed by atoms with van der Waals surface area (Å²) < 4.78 is 88.6. The molecule has 0 atom stereocenters. The number of amides is 1. The molecule has 22 heavy (non-hydrogen) atoms. The van der Waals surface area contributed by atoms with E-state index in [1.54, 1.807) is 5.32 Å². The van der Waals surface area contributed by atoms with Crippen LogP contribution in [0.25, 0.3) is 0 Å². The van der Waals surface area contributed by atoms with Crippen molar-refractivity contribution >= 4 is 11.9 Å². The Labute approximate surface area is 116 Å². The smallest absolute Gasteiger partial charge is 0.289 e. The predicted octanol–water partition coefficient (Wildman–Crippen LogP) is 2.63. The highest BCUT2D eigenvalue weighted by molar-refractivity contribution is 6.03. The van der Waals surface area contributed by atoms with Crippen molar-refractivity contribution in [3.63, 3.8) is 0 Å². The van der Waals surface area contributed by atoms with Crippen LogP contribution in [0.15, 0.2) is 6.07 Å². The van der Waals surface area contributed by atoms with Crippen molar-refractivity contribution in [2.24, 2.45) is 0 Å². The number of anilines is 1. The van der Waals surface area contributed by atoms with E-state index in [-0.39, 0.29) is 6.07 Å². The van der Waals surface area contributed by atoms with Crippen LogP contribution in [0.3, 0.4) is 0 Å². The molecule has 0 aliphatic rings. The monoisotopic (exact) mass is 328 g/mol. The maximum absolute atomic E-state index is 13.3. The molecule has 2 aromatic rings. The van der Waals surface area contributed by atoms with Crippen LogP contribution < -0.4 is 5.32 Å². The third-order valence-corrected chi connectivity index (χ3v) is 2.33. The van der Waals surface area contributed by atoms with Gasteiger partial charge in [0, 0.05) is 0 Å². The number of H-pyrrole nitrogens is 1. The van der Waals surface area contributed by atoms with Crippen molar-refractivity contribution in [3.05, 3.63) is 40.7 Å². The van der Waals surface area contributed by atoms with Gasteiger partial charge in [-0.1, -0.05) is 0 Å². The molecular formula is C10H3F7N4O. The fourth-order valence-electron chi connectivity index (χ4n) is 1.35. The van der Waals surface area contributed by atoms with Crippen molar-refractivity contribution in [2.75, 3.05) is 5.32 Å². The molecule has 1 aromatic heterocycles. The molecule has 0 spiro atoms. The molecule has 2 rings (SSSR count). The average molecular weight is 328 g/mol. The van der Waals surface area contributed by atoms with Gasteiger partial charge in [0.05, 0.1) is 5.56 Å². The van der Waals surface area contributed by atoms with Crippen molar-refractivity contribution in [3.8, 4) is 0 Å². The molecule has 0 fully saturated rings. The number of carbonyl (C=O) groups is 1. The summed E-state index contributed by atoms with van der Waals surface area (Å²) >= 11 is 0. The van der Waals surface area contributed by atoms with E-state index in [1.807, 2.05) is 0 Å². The number of aromatic amines is 1. The molecule has 12 heteroatoms. The lowest BCUT2D eigenvalue weighted by molar-refractivity contribution is -0.144. The first-order valence-corrected chi connectivity index (χ1v) is 5.25. The second-order valence-electron chi connectivity index (χ2n) is 3.81. The Morgan fingerprint density at radius 1 is 1.09 bits per heavy atom. The number of hydrogen-bond acceptors (Lipinski definition) is 3. The van der Waals surface area contributed by atoms with Crippen molar-refractivity contribution < 1.29 is 35.5 Å². The molecule has 0 radical (unpaired) electrons. The van der Waals surface area contributed by atoms with E-state index in [0.29, 0.717) is 0 Å². The number of nitrogens with zero attached hydrogens (tertiary/aromatic N) is 2. The molecule has 0 bridgehead atoms. The van der Waals surface area contributed by atoms with Crippen molar-refractivity contribution in [1.29, 1.82) is 0 Å². The summed E-state index contributed by atoms with van der Waals surface area (Å²) in [5.41, 5.74) is -1.27. The van der Waals surface area contributed by atoms with Crippen LogP contribution in [0.5, 0.6) is 0 Å². The number of rotatable bonds is 2. The maximum atomic E-state index is 13.3. The topological polar surface area (TPSA) is 70.7 Å². The molecule has 0 saturated carbocycles. The molecule has 2 N–H and O–H groups in total. The summed E-state index contributed by atoms with van der Waals surface area (Å²) in [6.45, 7) is 0. The molecule has 1 amide bonds. The normalized spacial score (nSPS) is 11.6. The number of carbonyl (C=O) groups excluding carboxylic acids is 1. The maximum Gasteiger partial charge on any atom is 0.451 e. The van der Waals surface area contributed by atoms with Crippen LogP contribution in [-0.4, -0.2) is 21.1 Å². The number of hydrogen-bond donors (Lipinski definition) is 2. The van der Waals surface area contributed by atoms with E-state index in [9.17, 15) is 35.5 Å². The standard InChI is InChI=1S/C10H3F7N4O/c11-3-1-2(4(12)6(14)5(3)13)7(22)18-9-19-8(20-21-9)10(15,16)17/h1H,(H2,18,19,20,21,22). The zero-order chi connectivity index (χ0) is 16.7. The summed E-state index contributed by atoms with van der Waals surface area (Å²) in [5, 5.41) is 5.99. The average Bonchev–Trinajstić information content (AvgIpc) is 2.89. The number of benzene rings is 1. The molecule has 0 saturated heterocycles. The minimum Gasteiger partial charge on any atom is -0.289 e. The van der Waals surface area contributed by atoms with Gasteiger partial charge >= 0.3 is 6.18 Å². The number of nitrogens with one attached hydrogen (secondary N) is 2. The number of aromatic nitrogens is 3. The Balaban J connectivity index is 2.29. The van der Waals surface area contributed by atoms with E-state index in [1.165, 1.54) is 5.10 Å². The summed E-state index contributed by atoms with van der Waals surface area (Å²) in [7, 11) is 0. The highest BCUT2D eigenvalue weighted by atomic mass is 19.4. The van der Waals surface area contributed by atoms with Gasteiger partial charge in [0.15, 0.2) is 23.3 Å². The summed E-state index contributed by atoms with van der Waals surface area (Å²) in [6, 6.07) is 0.0421. The first kappa shape index (κ1) is 15.7. The zero-order valence-electron chi connectivity index (χ0n) is 10.0. The second-order valence-corrected chi connectivity index (χ2v) is 3.81. The largest absolute Gasteiger partial charge is 0.451 e. The first-order valence-electron chi connectivity index (χ1n) is 5.25. The van der Waals surface area contributed by atoms with Gasteiger partial charge in [0.25, 0.3) is 5.91 Å². The van der Waals surface area contributed by atoms with Crippen molar-refractivity contribution in [2.45, 2.75) is 6.18 Å². The molecule has 0 aliphatic heterocycles. The van der Waals surface area contributed by atoms with E-state index >= 15 is 0 Å². The fraction of sp³-hybridized carbons (Fsp3) is 0.100. The van der Waals surface area contributed by atoms with Crippen LogP contribution in [0.1, 0.15) is 16.2 Å². The summed E-state index contributed by atoms with van der Waals surface area (Å²) in [4.78, 5) is 14.4. The molecule has 1 heterocycles. The lowest BCUT2D eigenvalue weighted by Crippen LogP contribution is -2.17. The minimum absolute atomic E-state index is 0.0421. The second kappa shape index (κ2) is 5.27. The zero-order valence-corrected chi connectivity index (χ0v) is 10.0. The van der Waals surface area contributed by atoms with Gasteiger partial charge in [-0.25, -0.2) is 17.6 Å². The van der Waals surface area contributed by atoms with E-state index in [0.717, 1.165) is 0 Å². The number of halogens is 7. The van der Waals surface area contributed by atoms with Gasteiger partial charge in [0.1, 0.15) is 0 Å². The molecule has 5 nitrogen and oxygen atoms in total. The Kier molecular flexibility index (Phi) is 3.77. The fourth-order valence-corrected chi connectivity index (χ4v) is 1.35. The Hall–Kier alpha value is -2.66. The lowest BCUT2D eigenvalue weighted by Gasteiger charge is -2.05. The first-order chi connectivity index (χ1) is 10.1. The van der Waals surface area contributed by atoms with Crippen LogP contribution in [-0.2, 0) is 6.18 Å². The van der Waals surface area contributed by atoms with Gasteiger partial charge < -0.3 is 0 Å². The van der Waals surface area contributed by atoms with E-state index in [2.05, 4.69) is 10.1 Å². The Bertz CT molecular complexity index is 740. The lowest BCUT2D eigenvalue weighted by atomic mass is 10.1. The van der Waals surface area contributed by atoms with Gasteiger partial charge in [-0.2, -0.15) is 18.2 Å². The van der Waals surface area contributed by atoms with Gasteiger partial charge in [-0.05, 0) is 6.07 Å². The van der Waals surface area contributed by atoms with E-state index in [4.69, 9.17) is 0 Å². The Morgan fingerprint density at radius 3 is 2.27 bits per heavy atom. The van der Waals surface area contributed by atoms with Crippen molar-refractivity contribution in [1.82, 2.24) is 15.2 Å². The highest BCUT2D eigenvalue weighted by Gasteiger charge is 2.35. The summed E-state index contributed by atoms with van der Waals surface area (Å²) in [5.74, 6) is -12.3. The highest BCUT2D eigenvalue weighted by Crippen LogP contribution is 2.26. The third-order valence-electron chi connectivity index (χ3n) is 2.33. The molecular weight excluding hydrogens is 325 g/mol. The predicted molar refractivity (Wildman–Crippen MR) is 55.6 cm³/mol. The van der Waals surface area contributed by atoms with E-state index < -0.39 is 52.7 Å². The van der Waals surface area contributed by atoms with Crippen LogP contribution in [0, 0.1) is 23.3 Å². The van der Waals surface area contributed by atoms with Gasteiger partial charge in [-0.3, -0.25) is 15.2 Å². The SMILES string of the molecule is O=C(Nc1n[nH]c(C(F)(F)F)n1)c1cc(F)c(F)c(F)c1F. The summed E-state index contributed by atoms with van der Waals surface area (Å²) in [6.07, 6.45) is -4.88. The minimum atomic E-state index is -4.88. The molecule has 118 valence electrons. The number of alkyl halides is 3. The van der Waals surface area contributed by atoms with Gasteiger partial charge in [0.2, 0.25) is 11.8 Å². The third kappa shape index (κ3) is 2.84. The van der Waals surface area contributed by atoms with Gasteiger partial charge in [-0.15, -0.1) is 5.10 Å². The van der Waals surface area contributed by atoms with Crippen LogP contribution in [0.2, 0.25) is 0 Å². The Morgan fingerprint density at radius 2 is 1.73 bits per heavy atom. The molecule has 1 aromatic carbocycles.